The Hall–Kier alpha value is -0.275. The smallest absolute Gasteiger partial charge is 0.403 e. The molecule has 1 aliphatic heterocycles. The Bertz CT molecular complexity index is 317. The molecule has 0 N–H and O–H groups in total. The summed E-state index contributed by atoms with van der Waals surface area (Å²) in [6.45, 7) is 10.8. The maximum absolute atomic E-state index is 6.13. The summed E-state index contributed by atoms with van der Waals surface area (Å²) in [6, 6.07) is 0. The second-order valence-electron chi connectivity index (χ2n) is 6.76. The molecule has 2 rings (SSSR count). The molecule has 102 valence electrons. The zero-order chi connectivity index (χ0) is 13.4. The van der Waals surface area contributed by atoms with Crippen LogP contribution in [0.3, 0.4) is 0 Å². The van der Waals surface area contributed by atoms with Crippen molar-refractivity contribution in [2.24, 2.45) is 0 Å². The Morgan fingerprint density at radius 1 is 1.22 bits per heavy atom. The molecule has 18 heavy (non-hydrogen) atoms. The van der Waals surface area contributed by atoms with Crippen LogP contribution in [0.25, 0.3) is 0 Å². The third kappa shape index (κ3) is 2.67. The van der Waals surface area contributed by atoms with Gasteiger partial charge in [-0.1, -0.05) is 25.0 Å². The minimum absolute atomic E-state index is 0.0471. The second-order valence-corrected chi connectivity index (χ2v) is 6.76. The maximum Gasteiger partial charge on any atom is 0.465 e. The van der Waals surface area contributed by atoms with Gasteiger partial charge in [0.1, 0.15) is 0 Å². The fraction of sp³-hybridized carbons (Fsp3) is 0.867. The van der Waals surface area contributed by atoms with Crippen molar-refractivity contribution in [1.82, 2.24) is 0 Å². The molecule has 0 bridgehead atoms. The third-order valence-electron chi connectivity index (χ3n) is 4.72. The molecule has 0 aromatic rings. The van der Waals surface area contributed by atoms with Crippen LogP contribution in [0.1, 0.15) is 66.7 Å². The molecule has 1 atom stereocenters. The summed E-state index contributed by atoms with van der Waals surface area (Å²) in [5, 5.41) is 0. The maximum atomic E-state index is 6.13. The van der Waals surface area contributed by atoms with E-state index in [0.29, 0.717) is 5.82 Å². The summed E-state index contributed by atoms with van der Waals surface area (Å²) in [7, 11) is -0.0471. The molecular formula is C15H27BO2. The van der Waals surface area contributed by atoms with E-state index in [-0.39, 0.29) is 18.3 Å². The first-order valence-electron chi connectivity index (χ1n) is 7.41. The van der Waals surface area contributed by atoms with Crippen LogP contribution < -0.4 is 0 Å². The second kappa shape index (κ2) is 5.01. The minimum Gasteiger partial charge on any atom is -0.403 e. The third-order valence-corrected chi connectivity index (χ3v) is 4.72. The van der Waals surface area contributed by atoms with Gasteiger partial charge in [-0.3, -0.25) is 0 Å². The number of rotatable bonds is 4. The molecule has 1 saturated heterocycles. The van der Waals surface area contributed by atoms with Crippen molar-refractivity contribution in [3.8, 4) is 0 Å². The average Bonchev–Trinajstić information content (AvgIpc) is 2.80. The van der Waals surface area contributed by atoms with Gasteiger partial charge >= 0.3 is 7.12 Å². The van der Waals surface area contributed by atoms with Gasteiger partial charge in [-0.25, -0.2) is 0 Å². The number of hydrogen-bond donors (Lipinski definition) is 0. The van der Waals surface area contributed by atoms with Crippen molar-refractivity contribution in [2.75, 3.05) is 0 Å². The van der Waals surface area contributed by atoms with E-state index in [4.69, 9.17) is 9.31 Å². The van der Waals surface area contributed by atoms with E-state index >= 15 is 0 Å². The molecule has 0 radical (unpaired) electrons. The molecule has 0 unspecified atom stereocenters. The van der Waals surface area contributed by atoms with Gasteiger partial charge < -0.3 is 9.31 Å². The average molecular weight is 250 g/mol. The van der Waals surface area contributed by atoms with E-state index < -0.39 is 0 Å². The summed E-state index contributed by atoms with van der Waals surface area (Å²) < 4.78 is 12.3. The van der Waals surface area contributed by atoms with Crippen molar-refractivity contribution in [2.45, 2.75) is 83.7 Å². The van der Waals surface area contributed by atoms with Crippen LogP contribution in [-0.4, -0.2) is 18.3 Å². The highest BCUT2D eigenvalue weighted by Gasteiger charge is 2.53. The van der Waals surface area contributed by atoms with Gasteiger partial charge in [0.2, 0.25) is 0 Å². The zero-order valence-corrected chi connectivity index (χ0v) is 12.6. The van der Waals surface area contributed by atoms with Crippen LogP contribution in [-0.2, 0) is 9.31 Å². The molecule has 1 heterocycles. The van der Waals surface area contributed by atoms with Gasteiger partial charge in [0, 0.05) is 5.82 Å². The van der Waals surface area contributed by atoms with Gasteiger partial charge in [0.05, 0.1) is 11.2 Å². The summed E-state index contributed by atoms with van der Waals surface area (Å²) in [5.74, 6) is 0.456. The fourth-order valence-electron chi connectivity index (χ4n) is 2.71. The molecule has 0 spiro atoms. The van der Waals surface area contributed by atoms with Crippen LogP contribution >= 0.6 is 0 Å². The standard InChI is InChI=1S/C15H27BO2/c1-6-7-8-12-9-10-13(11-12)16-17-14(2,3)15(4,5)18-16/h11,13H,6-10H2,1-5H3/t13-/m0/s1. The van der Waals surface area contributed by atoms with E-state index in [9.17, 15) is 0 Å². The lowest BCUT2D eigenvalue weighted by Crippen LogP contribution is -2.41. The monoisotopic (exact) mass is 250 g/mol. The predicted octanol–water partition coefficient (Wildman–Crippen LogP) is 4.36. The van der Waals surface area contributed by atoms with Crippen molar-refractivity contribution in [1.29, 1.82) is 0 Å². The SMILES string of the molecule is CCCCC1=C[C@@H](B2OC(C)(C)C(C)(C)O2)CC1. The molecule has 3 heteroatoms. The first-order chi connectivity index (χ1) is 8.36. The van der Waals surface area contributed by atoms with Crippen molar-refractivity contribution in [3.63, 3.8) is 0 Å². The summed E-state index contributed by atoms with van der Waals surface area (Å²) in [4.78, 5) is 0. The molecule has 1 aliphatic carbocycles. The molecule has 0 saturated carbocycles. The number of hydrogen-bond acceptors (Lipinski definition) is 2. The highest BCUT2D eigenvalue weighted by molar-refractivity contribution is 6.48. The highest BCUT2D eigenvalue weighted by Crippen LogP contribution is 2.44. The van der Waals surface area contributed by atoms with Gasteiger partial charge in [-0.15, -0.1) is 0 Å². The van der Waals surface area contributed by atoms with E-state index in [1.807, 2.05) is 0 Å². The van der Waals surface area contributed by atoms with Gasteiger partial charge in [0.25, 0.3) is 0 Å². The van der Waals surface area contributed by atoms with Crippen molar-refractivity contribution in [3.05, 3.63) is 11.6 Å². The lowest BCUT2D eigenvalue weighted by molar-refractivity contribution is 0.00578. The molecule has 2 aliphatic rings. The number of allylic oxidation sites excluding steroid dienone is 2. The quantitative estimate of drug-likeness (QED) is 0.545. The van der Waals surface area contributed by atoms with Gasteiger partial charge in [-0.2, -0.15) is 0 Å². The zero-order valence-electron chi connectivity index (χ0n) is 12.6. The largest absolute Gasteiger partial charge is 0.465 e. The Kier molecular flexibility index (Phi) is 3.94. The molecule has 0 aromatic heterocycles. The van der Waals surface area contributed by atoms with Crippen molar-refractivity contribution < 1.29 is 9.31 Å². The van der Waals surface area contributed by atoms with Crippen LogP contribution in [0.5, 0.6) is 0 Å². The van der Waals surface area contributed by atoms with Crippen LogP contribution in [0, 0.1) is 0 Å². The highest BCUT2D eigenvalue weighted by atomic mass is 16.7. The number of unbranched alkanes of at least 4 members (excludes halogenated alkanes) is 1. The van der Waals surface area contributed by atoms with Crippen molar-refractivity contribution >= 4 is 7.12 Å². The van der Waals surface area contributed by atoms with Crippen LogP contribution in [0.4, 0.5) is 0 Å². The normalized spacial score (nSPS) is 29.7. The van der Waals surface area contributed by atoms with Gasteiger partial charge in [0.15, 0.2) is 0 Å². The lowest BCUT2D eigenvalue weighted by Gasteiger charge is -2.32. The fourth-order valence-corrected chi connectivity index (χ4v) is 2.71. The van der Waals surface area contributed by atoms with Crippen LogP contribution in [0.2, 0.25) is 5.82 Å². The predicted molar refractivity (Wildman–Crippen MR) is 76.7 cm³/mol. The van der Waals surface area contributed by atoms with Crippen LogP contribution in [0.15, 0.2) is 11.6 Å². The summed E-state index contributed by atoms with van der Waals surface area (Å²) in [6.07, 6.45) is 8.68. The Morgan fingerprint density at radius 2 is 1.83 bits per heavy atom. The molecule has 1 fully saturated rings. The summed E-state index contributed by atoms with van der Waals surface area (Å²) >= 11 is 0. The molecular weight excluding hydrogens is 223 g/mol. The topological polar surface area (TPSA) is 18.5 Å². The van der Waals surface area contributed by atoms with E-state index in [1.54, 1.807) is 5.57 Å². The first kappa shape index (κ1) is 14.1. The summed E-state index contributed by atoms with van der Waals surface area (Å²) in [5.41, 5.74) is 1.21. The molecule has 2 nitrogen and oxygen atoms in total. The first-order valence-corrected chi connectivity index (χ1v) is 7.41. The Morgan fingerprint density at radius 3 is 2.39 bits per heavy atom. The Balaban J connectivity index is 1.97. The lowest BCUT2D eigenvalue weighted by atomic mass is 9.71. The Labute approximate surface area is 112 Å². The molecule has 0 amide bonds. The van der Waals surface area contributed by atoms with E-state index in [0.717, 1.165) is 0 Å². The molecule has 0 aromatic carbocycles. The van der Waals surface area contributed by atoms with E-state index in [1.165, 1.54) is 32.1 Å². The minimum atomic E-state index is -0.197. The van der Waals surface area contributed by atoms with E-state index in [2.05, 4.69) is 40.7 Å². The van der Waals surface area contributed by atoms with Gasteiger partial charge in [-0.05, 0) is 53.4 Å².